The summed E-state index contributed by atoms with van der Waals surface area (Å²) < 4.78 is 1.10. The molecule has 0 saturated carbocycles. The predicted octanol–water partition coefficient (Wildman–Crippen LogP) is 6.08. The first-order valence-electron chi connectivity index (χ1n) is 11.0. The number of hydrogen-bond donors (Lipinski definition) is 0. The van der Waals surface area contributed by atoms with Crippen LogP contribution >= 0.6 is 0 Å². The third kappa shape index (κ3) is 6.17. The van der Waals surface area contributed by atoms with Crippen LogP contribution in [0.2, 0.25) is 0 Å². The number of amides is 1. The Balaban J connectivity index is 2.00. The van der Waals surface area contributed by atoms with Crippen molar-refractivity contribution in [2.75, 3.05) is 25.0 Å². The number of hydrogen-bond acceptors (Lipinski definition) is 1. The summed E-state index contributed by atoms with van der Waals surface area (Å²) >= 11 is 0. The smallest absolute Gasteiger partial charge is 0.258 e. The summed E-state index contributed by atoms with van der Waals surface area (Å²) in [5, 5.41) is 0. The Bertz CT molecular complexity index is 742. The molecule has 0 spiro atoms. The summed E-state index contributed by atoms with van der Waals surface area (Å²) in [4.78, 5) is 15.1. The number of carbonyl (C=O) groups excluding carboxylic acids is 1. The minimum absolute atomic E-state index is 0.0844. The molecular weight excluding hydrogens is 356 g/mol. The van der Waals surface area contributed by atoms with E-state index in [0.29, 0.717) is 12.1 Å². The Morgan fingerprint density at radius 2 is 1.45 bits per heavy atom. The van der Waals surface area contributed by atoms with E-state index in [1.165, 1.54) is 18.5 Å². The molecule has 1 amide bonds. The fourth-order valence-corrected chi connectivity index (χ4v) is 3.82. The second kappa shape index (κ2) is 10.6. The third-order valence-electron chi connectivity index (χ3n) is 6.49. The maximum Gasteiger partial charge on any atom is 0.258 e. The summed E-state index contributed by atoms with van der Waals surface area (Å²) in [5.41, 5.74) is 2.90. The van der Waals surface area contributed by atoms with Crippen molar-refractivity contribution in [3.63, 3.8) is 0 Å². The fraction of sp³-hybridized carbons (Fsp3) is 0.500. The molecule has 2 aromatic carbocycles. The molecule has 0 aliphatic heterocycles. The molecule has 3 heteroatoms. The van der Waals surface area contributed by atoms with Crippen LogP contribution in [0.3, 0.4) is 0 Å². The van der Waals surface area contributed by atoms with Crippen LogP contribution in [0.15, 0.2) is 54.6 Å². The highest BCUT2D eigenvalue weighted by molar-refractivity contribution is 6.06. The zero-order valence-electron chi connectivity index (χ0n) is 19.2. The molecule has 0 saturated heterocycles. The highest BCUT2D eigenvalue weighted by atomic mass is 16.2. The van der Waals surface area contributed by atoms with Crippen molar-refractivity contribution in [2.45, 2.75) is 66.0 Å². The van der Waals surface area contributed by atoms with Gasteiger partial charge in [-0.1, -0.05) is 35.9 Å². The Morgan fingerprint density at radius 1 is 0.862 bits per heavy atom. The van der Waals surface area contributed by atoms with E-state index in [1.807, 2.05) is 66.4 Å². The second-order valence-electron chi connectivity index (χ2n) is 8.98. The van der Waals surface area contributed by atoms with Gasteiger partial charge in [-0.25, -0.2) is 0 Å². The van der Waals surface area contributed by atoms with Gasteiger partial charge in [0.1, 0.15) is 0 Å². The lowest BCUT2D eigenvalue weighted by molar-refractivity contribution is -0.949. The highest BCUT2D eigenvalue weighted by Crippen LogP contribution is 2.20. The summed E-state index contributed by atoms with van der Waals surface area (Å²) in [6, 6.07) is 19.2. The lowest BCUT2D eigenvalue weighted by atomic mass is 10.1. The number of benzene rings is 2. The molecular formula is C26H39N2O+. The first kappa shape index (κ1) is 23.2. The normalized spacial score (nSPS) is 11.9. The van der Waals surface area contributed by atoms with E-state index in [0.717, 1.165) is 35.1 Å². The second-order valence-corrected chi connectivity index (χ2v) is 8.98. The topological polar surface area (TPSA) is 20.3 Å². The molecule has 0 heterocycles. The minimum Gasteiger partial charge on any atom is -0.322 e. The van der Waals surface area contributed by atoms with Crippen molar-refractivity contribution < 1.29 is 9.28 Å². The van der Waals surface area contributed by atoms with Crippen molar-refractivity contribution in [1.82, 2.24) is 0 Å². The number of nitrogens with zero attached hydrogens (tertiary/aromatic N) is 2. The van der Waals surface area contributed by atoms with Crippen LogP contribution in [0.25, 0.3) is 0 Å². The van der Waals surface area contributed by atoms with Crippen LogP contribution in [0.1, 0.15) is 62.9 Å². The first-order valence-corrected chi connectivity index (χ1v) is 11.0. The summed E-state index contributed by atoms with van der Waals surface area (Å²) in [5.74, 6) is 0.0844. The molecule has 2 rings (SSSR count). The van der Waals surface area contributed by atoms with E-state index < -0.39 is 0 Å². The molecule has 0 fully saturated rings. The maximum absolute atomic E-state index is 13.2. The summed E-state index contributed by atoms with van der Waals surface area (Å²) in [6.45, 7) is 13.3. The minimum atomic E-state index is 0.0844. The monoisotopic (exact) mass is 395 g/mol. The Labute approximate surface area is 177 Å². The zero-order valence-corrected chi connectivity index (χ0v) is 19.2. The van der Waals surface area contributed by atoms with Crippen LogP contribution in [0, 0.1) is 6.92 Å². The molecule has 0 aromatic heterocycles. The van der Waals surface area contributed by atoms with Crippen LogP contribution in [0.4, 0.5) is 5.69 Å². The van der Waals surface area contributed by atoms with E-state index >= 15 is 0 Å². The zero-order chi connectivity index (χ0) is 21.4. The van der Waals surface area contributed by atoms with Crippen LogP contribution in [-0.2, 0) is 0 Å². The SMILES string of the molecule is Cc1ccc(C(=O)N(CCCCC[N+](C)(C(C)C)C(C)C)c2ccccc2)cc1. The van der Waals surface area contributed by atoms with E-state index in [1.54, 1.807) is 0 Å². The van der Waals surface area contributed by atoms with Crippen molar-refractivity contribution in [2.24, 2.45) is 0 Å². The number of rotatable bonds is 10. The maximum atomic E-state index is 13.2. The molecule has 0 aliphatic carbocycles. The molecule has 2 aromatic rings. The quantitative estimate of drug-likeness (QED) is 0.353. The summed E-state index contributed by atoms with van der Waals surface area (Å²) in [6.07, 6.45) is 3.34. The Kier molecular flexibility index (Phi) is 8.45. The molecule has 0 aliphatic rings. The predicted molar refractivity (Wildman–Crippen MR) is 124 cm³/mol. The Morgan fingerprint density at radius 3 is 2.00 bits per heavy atom. The van der Waals surface area contributed by atoms with Gasteiger partial charge in [0.25, 0.3) is 5.91 Å². The van der Waals surface area contributed by atoms with Gasteiger partial charge in [-0.3, -0.25) is 4.79 Å². The molecule has 3 nitrogen and oxygen atoms in total. The molecule has 0 radical (unpaired) electrons. The van der Waals surface area contributed by atoms with Gasteiger partial charge < -0.3 is 9.38 Å². The van der Waals surface area contributed by atoms with Gasteiger partial charge in [0.05, 0.1) is 25.7 Å². The van der Waals surface area contributed by atoms with E-state index in [4.69, 9.17) is 0 Å². The average molecular weight is 396 g/mol. The number of aryl methyl sites for hydroxylation is 1. The van der Waals surface area contributed by atoms with E-state index in [-0.39, 0.29) is 5.91 Å². The average Bonchev–Trinajstić information content (AvgIpc) is 2.71. The molecule has 0 atom stereocenters. The summed E-state index contributed by atoms with van der Waals surface area (Å²) in [7, 11) is 2.37. The number of carbonyl (C=O) groups is 1. The largest absolute Gasteiger partial charge is 0.322 e. The lowest BCUT2D eigenvalue weighted by Crippen LogP contribution is -2.54. The Hall–Kier alpha value is -2.13. The van der Waals surface area contributed by atoms with Crippen molar-refractivity contribution >= 4 is 11.6 Å². The van der Waals surface area contributed by atoms with Crippen LogP contribution in [-0.4, -0.2) is 42.6 Å². The molecule has 158 valence electrons. The first-order chi connectivity index (χ1) is 13.8. The molecule has 0 unspecified atom stereocenters. The fourth-order valence-electron chi connectivity index (χ4n) is 3.82. The lowest BCUT2D eigenvalue weighted by Gasteiger charge is -2.42. The van der Waals surface area contributed by atoms with Gasteiger partial charge in [-0.05, 0) is 78.1 Å². The molecule has 0 bridgehead atoms. The van der Waals surface area contributed by atoms with Gasteiger partial charge in [0.15, 0.2) is 0 Å². The van der Waals surface area contributed by atoms with Crippen molar-refractivity contribution in [3.05, 3.63) is 65.7 Å². The van der Waals surface area contributed by atoms with Gasteiger partial charge in [-0.15, -0.1) is 0 Å². The number of para-hydroxylation sites is 1. The van der Waals surface area contributed by atoms with Crippen LogP contribution < -0.4 is 4.90 Å². The van der Waals surface area contributed by atoms with Gasteiger partial charge in [-0.2, -0.15) is 0 Å². The standard InChI is InChI=1S/C26H39N2O/c1-21(2)28(6,22(3)4)20-12-8-11-19-27(25-13-9-7-10-14-25)26(29)24-17-15-23(5)16-18-24/h7,9-10,13-18,21-22H,8,11-12,19-20H2,1-6H3/q+1. The van der Waals surface area contributed by atoms with Crippen LogP contribution in [0.5, 0.6) is 0 Å². The van der Waals surface area contributed by atoms with Gasteiger partial charge >= 0.3 is 0 Å². The van der Waals surface area contributed by atoms with E-state index in [9.17, 15) is 4.79 Å². The van der Waals surface area contributed by atoms with Crippen molar-refractivity contribution in [1.29, 1.82) is 0 Å². The molecule has 29 heavy (non-hydrogen) atoms. The number of unbranched alkanes of at least 4 members (excludes halogenated alkanes) is 2. The molecule has 0 N–H and O–H groups in total. The number of quaternary nitrogens is 1. The van der Waals surface area contributed by atoms with E-state index in [2.05, 4.69) is 34.7 Å². The number of anilines is 1. The van der Waals surface area contributed by atoms with Crippen molar-refractivity contribution in [3.8, 4) is 0 Å². The van der Waals surface area contributed by atoms with Gasteiger partial charge in [0.2, 0.25) is 0 Å². The third-order valence-corrected chi connectivity index (χ3v) is 6.49. The van der Waals surface area contributed by atoms with Gasteiger partial charge in [0, 0.05) is 17.8 Å². The highest BCUT2D eigenvalue weighted by Gasteiger charge is 2.28.